The molecule has 2 aromatic rings. The van der Waals surface area contributed by atoms with E-state index in [2.05, 4.69) is 17.2 Å². The Morgan fingerprint density at radius 3 is 2.11 bits per heavy atom. The van der Waals surface area contributed by atoms with E-state index >= 15 is 0 Å². The van der Waals surface area contributed by atoms with Crippen LogP contribution in [-0.2, 0) is 9.53 Å². The Morgan fingerprint density at radius 2 is 1.52 bits per heavy atom. The number of nitrogens with one attached hydrogen (secondary N) is 2. The fourth-order valence-corrected chi connectivity index (χ4v) is 2.14. The number of ether oxygens (including phenoxy) is 3. The zero-order valence-corrected chi connectivity index (χ0v) is 15.8. The Kier molecular flexibility index (Phi) is 8.19. The third-order valence-electron chi connectivity index (χ3n) is 3.49. The highest BCUT2D eigenvalue weighted by Gasteiger charge is 2.03. The fourth-order valence-electron chi connectivity index (χ4n) is 2.14. The molecule has 0 unspecified atom stereocenters. The van der Waals surface area contributed by atoms with E-state index in [1.165, 1.54) is 0 Å². The maximum absolute atomic E-state index is 12.1. The monoisotopic (exact) mass is 370 g/mol. The molecule has 0 aromatic heterocycles. The van der Waals surface area contributed by atoms with Crippen molar-refractivity contribution in [2.45, 2.75) is 6.92 Å². The van der Waals surface area contributed by atoms with Gasteiger partial charge in [0.15, 0.2) is 0 Å². The molecule has 2 N–H and O–H groups in total. The topological polar surface area (TPSA) is 68.8 Å². The Labute approximate surface area is 160 Å². The normalized spacial score (nSPS) is 10.1. The summed E-state index contributed by atoms with van der Waals surface area (Å²) in [5.74, 6) is 1.36. The van der Waals surface area contributed by atoms with Gasteiger partial charge < -0.3 is 24.8 Å². The molecule has 0 bridgehead atoms. The molecule has 27 heavy (non-hydrogen) atoms. The molecule has 6 nitrogen and oxygen atoms in total. The number of carbonyl (C=O) groups is 1. The van der Waals surface area contributed by atoms with E-state index in [0.29, 0.717) is 25.5 Å². The first-order valence-corrected chi connectivity index (χ1v) is 8.69. The fraction of sp³-hybridized carbons (Fsp3) is 0.286. The minimum atomic E-state index is -0.134. The van der Waals surface area contributed by atoms with Crippen LogP contribution >= 0.6 is 0 Å². The van der Waals surface area contributed by atoms with Crippen LogP contribution < -0.4 is 20.1 Å². The molecule has 0 heterocycles. The smallest absolute Gasteiger partial charge is 0.243 e. The quantitative estimate of drug-likeness (QED) is 0.466. The average molecular weight is 370 g/mol. The molecule has 144 valence electrons. The molecule has 0 fully saturated rings. The molecule has 0 saturated carbocycles. The molecule has 1 amide bonds. The highest BCUT2D eigenvalue weighted by molar-refractivity contribution is 5.93. The summed E-state index contributed by atoms with van der Waals surface area (Å²) in [7, 11) is 1.63. The van der Waals surface area contributed by atoms with Gasteiger partial charge in [0, 0.05) is 18.5 Å². The molecule has 0 aliphatic heterocycles. The Balaban J connectivity index is 1.74. The lowest BCUT2D eigenvalue weighted by molar-refractivity contribution is -0.114. The Hall–Kier alpha value is -2.99. The SMILES string of the molecule is C=C(C)COc1ccc(NCC(=O)Nc2ccc(OCCOC)cc2)cc1. The second-order valence-corrected chi connectivity index (χ2v) is 6.04. The van der Waals surface area contributed by atoms with Gasteiger partial charge in [0.25, 0.3) is 0 Å². The second kappa shape index (κ2) is 10.9. The van der Waals surface area contributed by atoms with Crippen LogP contribution in [0.5, 0.6) is 11.5 Å². The first-order valence-electron chi connectivity index (χ1n) is 8.69. The number of benzene rings is 2. The molecule has 2 aromatic carbocycles. The van der Waals surface area contributed by atoms with Crippen molar-refractivity contribution in [3.8, 4) is 11.5 Å². The number of anilines is 2. The summed E-state index contributed by atoms with van der Waals surface area (Å²) in [6, 6.07) is 14.7. The molecule has 0 aliphatic carbocycles. The van der Waals surface area contributed by atoms with Crippen LogP contribution in [0.15, 0.2) is 60.7 Å². The summed E-state index contributed by atoms with van der Waals surface area (Å²) in [4.78, 5) is 12.1. The lowest BCUT2D eigenvalue weighted by atomic mass is 10.3. The summed E-state index contributed by atoms with van der Waals surface area (Å²) in [6.45, 7) is 7.39. The maximum Gasteiger partial charge on any atom is 0.243 e. The van der Waals surface area contributed by atoms with Crippen molar-refractivity contribution < 1.29 is 19.0 Å². The third-order valence-corrected chi connectivity index (χ3v) is 3.49. The van der Waals surface area contributed by atoms with Crippen molar-refractivity contribution in [1.29, 1.82) is 0 Å². The van der Waals surface area contributed by atoms with Gasteiger partial charge in [-0.1, -0.05) is 6.58 Å². The lowest BCUT2D eigenvalue weighted by Gasteiger charge is -2.10. The summed E-state index contributed by atoms with van der Waals surface area (Å²) >= 11 is 0. The van der Waals surface area contributed by atoms with Crippen molar-refractivity contribution >= 4 is 17.3 Å². The van der Waals surface area contributed by atoms with Gasteiger partial charge in [0.05, 0.1) is 13.2 Å². The van der Waals surface area contributed by atoms with Crippen molar-refractivity contribution in [1.82, 2.24) is 0 Å². The molecule has 6 heteroatoms. The molecular formula is C21H26N2O4. The van der Waals surface area contributed by atoms with Crippen LogP contribution in [0.3, 0.4) is 0 Å². The number of amides is 1. The zero-order chi connectivity index (χ0) is 19.5. The van der Waals surface area contributed by atoms with E-state index in [-0.39, 0.29) is 12.5 Å². The molecular weight excluding hydrogens is 344 g/mol. The van der Waals surface area contributed by atoms with Gasteiger partial charge in [0.1, 0.15) is 24.7 Å². The molecule has 0 atom stereocenters. The highest BCUT2D eigenvalue weighted by Crippen LogP contribution is 2.17. The van der Waals surface area contributed by atoms with Crippen LogP contribution in [-0.4, -0.2) is 39.4 Å². The van der Waals surface area contributed by atoms with Gasteiger partial charge in [-0.25, -0.2) is 0 Å². The minimum Gasteiger partial charge on any atom is -0.491 e. The lowest BCUT2D eigenvalue weighted by Crippen LogP contribution is -2.21. The standard InChI is InChI=1S/C21H26N2O4/c1-16(2)15-27-20-8-4-17(5-9-20)22-14-21(24)23-18-6-10-19(11-7-18)26-13-12-25-3/h4-11,22H,1,12-15H2,2-3H3,(H,23,24). The summed E-state index contributed by atoms with van der Waals surface area (Å²) in [6.07, 6.45) is 0. The van der Waals surface area contributed by atoms with Gasteiger partial charge in [-0.2, -0.15) is 0 Å². The maximum atomic E-state index is 12.1. The van der Waals surface area contributed by atoms with Gasteiger partial charge in [-0.3, -0.25) is 4.79 Å². The van der Waals surface area contributed by atoms with Crippen LogP contribution in [0.2, 0.25) is 0 Å². The first kappa shape index (κ1) is 20.3. The van der Waals surface area contributed by atoms with Crippen LogP contribution in [0.1, 0.15) is 6.92 Å². The largest absolute Gasteiger partial charge is 0.491 e. The number of methoxy groups -OCH3 is 1. The van der Waals surface area contributed by atoms with E-state index in [1.54, 1.807) is 19.2 Å². The van der Waals surface area contributed by atoms with Gasteiger partial charge in [-0.15, -0.1) is 0 Å². The Morgan fingerprint density at radius 1 is 0.926 bits per heavy atom. The summed E-state index contributed by atoms with van der Waals surface area (Å²) in [5.41, 5.74) is 2.52. The van der Waals surface area contributed by atoms with E-state index in [4.69, 9.17) is 14.2 Å². The van der Waals surface area contributed by atoms with E-state index < -0.39 is 0 Å². The highest BCUT2D eigenvalue weighted by atomic mass is 16.5. The average Bonchev–Trinajstić information content (AvgIpc) is 2.67. The number of rotatable bonds is 11. The molecule has 0 aliphatic rings. The van der Waals surface area contributed by atoms with Crippen LogP contribution in [0.25, 0.3) is 0 Å². The summed E-state index contributed by atoms with van der Waals surface area (Å²) < 4.78 is 16.0. The van der Waals surface area contributed by atoms with E-state index in [1.807, 2.05) is 43.3 Å². The predicted octanol–water partition coefficient (Wildman–Crippen LogP) is 3.72. The second-order valence-electron chi connectivity index (χ2n) is 6.04. The predicted molar refractivity (Wildman–Crippen MR) is 108 cm³/mol. The molecule has 0 spiro atoms. The first-order chi connectivity index (χ1) is 13.1. The molecule has 0 saturated heterocycles. The minimum absolute atomic E-state index is 0.134. The van der Waals surface area contributed by atoms with E-state index in [9.17, 15) is 4.79 Å². The van der Waals surface area contributed by atoms with Gasteiger partial charge in [-0.05, 0) is 61.0 Å². The van der Waals surface area contributed by atoms with E-state index in [0.717, 1.165) is 22.8 Å². The number of hydrogen-bond donors (Lipinski definition) is 2. The summed E-state index contributed by atoms with van der Waals surface area (Å²) in [5, 5.41) is 5.91. The van der Waals surface area contributed by atoms with Gasteiger partial charge >= 0.3 is 0 Å². The Bertz CT molecular complexity index is 727. The van der Waals surface area contributed by atoms with Crippen molar-refractivity contribution in [3.63, 3.8) is 0 Å². The van der Waals surface area contributed by atoms with Crippen LogP contribution in [0, 0.1) is 0 Å². The van der Waals surface area contributed by atoms with Crippen molar-refractivity contribution in [3.05, 3.63) is 60.7 Å². The third kappa shape index (κ3) is 7.83. The number of hydrogen-bond acceptors (Lipinski definition) is 5. The van der Waals surface area contributed by atoms with Crippen molar-refractivity contribution in [2.24, 2.45) is 0 Å². The molecule has 0 radical (unpaired) electrons. The molecule has 2 rings (SSSR count). The van der Waals surface area contributed by atoms with Crippen molar-refractivity contribution in [2.75, 3.05) is 44.1 Å². The number of carbonyl (C=O) groups excluding carboxylic acids is 1. The van der Waals surface area contributed by atoms with Gasteiger partial charge in [0.2, 0.25) is 5.91 Å². The van der Waals surface area contributed by atoms with Crippen LogP contribution in [0.4, 0.5) is 11.4 Å². The zero-order valence-electron chi connectivity index (χ0n) is 15.8.